The summed E-state index contributed by atoms with van der Waals surface area (Å²) in [5.74, 6) is 0.402. The van der Waals surface area contributed by atoms with Gasteiger partial charge in [0.25, 0.3) is 0 Å². The molecule has 0 radical (unpaired) electrons. The number of nitrogens with zero attached hydrogens (tertiary/aromatic N) is 4. The molecule has 1 amide bonds. The highest BCUT2D eigenvalue weighted by atomic mass is 35.5. The van der Waals surface area contributed by atoms with Gasteiger partial charge in [-0.05, 0) is 67.4 Å². The largest absolute Gasteiger partial charge is 0.456 e. The van der Waals surface area contributed by atoms with Gasteiger partial charge < -0.3 is 37.7 Å². The molecule has 0 unspecified atom stereocenters. The molecule has 3 aromatic rings. The Kier molecular flexibility index (Phi) is 12.6. The molecule has 4 aliphatic rings. The van der Waals surface area contributed by atoms with Gasteiger partial charge in [0.1, 0.15) is 30.6 Å². The highest BCUT2D eigenvalue weighted by Gasteiger charge is 2.52. The Hall–Kier alpha value is -2.57. The van der Waals surface area contributed by atoms with Crippen LogP contribution in [0.25, 0.3) is 22.4 Å². The molecule has 4 atom stereocenters. The molecule has 4 fully saturated rings. The van der Waals surface area contributed by atoms with E-state index in [1.807, 2.05) is 10.6 Å². The first kappa shape index (κ1) is 41.6. The number of amides is 1. The van der Waals surface area contributed by atoms with E-state index in [0.717, 1.165) is 37.3 Å². The fourth-order valence-electron chi connectivity index (χ4n) is 7.66. The number of imidazole rings is 1. The van der Waals surface area contributed by atoms with Gasteiger partial charge in [-0.15, -0.1) is 0 Å². The number of hydrogen-bond acceptors (Lipinski definition) is 10. The summed E-state index contributed by atoms with van der Waals surface area (Å²) in [6.07, 6.45) is 2.42. The van der Waals surface area contributed by atoms with Gasteiger partial charge in [0.15, 0.2) is 20.1 Å². The van der Waals surface area contributed by atoms with Crippen molar-refractivity contribution in [3.63, 3.8) is 0 Å². The predicted molar refractivity (Wildman–Crippen MR) is 222 cm³/mol. The van der Waals surface area contributed by atoms with Crippen molar-refractivity contribution in [1.82, 2.24) is 19.4 Å². The first-order valence-electron chi connectivity index (χ1n) is 20.4. The highest BCUT2D eigenvalue weighted by Crippen LogP contribution is 2.41. The number of rotatable bonds is 12. The van der Waals surface area contributed by atoms with Crippen LogP contribution in [0.5, 0.6) is 6.01 Å². The lowest BCUT2D eigenvalue weighted by atomic mass is 9.82. The van der Waals surface area contributed by atoms with Crippen molar-refractivity contribution >= 4 is 45.2 Å². The van der Waals surface area contributed by atoms with E-state index < -0.39 is 16.4 Å². The van der Waals surface area contributed by atoms with E-state index in [9.17, 15) is 4.79 Å². The van der Waals surface area contributed by atoms with E-state index in [1.54, 1.807) is 4.90 Å². The van der Waals surface area contributed by atoms with Crippen molar-refractivity contribution < 1.29 is 37.6 Å². The summed E-state index contributed by atoms with van der Waals surface area (Å²) in [7, 11) is -3.33. The number of morpholine rings is 1. The molecule has 1 saturated carbocycles. The van der Waals surface area contributed by atoms with E-state index in [1.165, 1.54) is 5.56 Å². The Labute approximate surface area is 338 Å². The molecule has 1 aliphatic carbocycles. The first-order valence-corrected chi connectivity index (χ1v) is 27.4. The SMILES string of the molecule is CC(C)(C)[Si](C)(C)O[C@@H]1CO[C@H]2[C@@H]1OC[C@H]2Oc1nc2cc(Cl)c(-c3ccc([C@H]4CC[C@H](OC(=O)N5CCOCC5)CC4)cc3)nc2n1COCC[Si](C)(C)C. The number of halogens is 1. The molecule has 56 heavy (non-hydrogen) atoms. The van der Waals surface area contributed by atoms with Crippen LogP contribution in [0.1, 0.15) is 57.9 Å². The fraction of sp³-hybridized carbons (Fsp3) is 0.683. The molecule has 15 heteroatoms. The standard InChI is InChI=1S/C41H61ClN4O8Si2/c1-41(2,3)56(7,8)54-34-25-51-36-33(24-50-37(34)36)53-39-43-32-23-31(42)35(44-38(32)46(39)26-49-21-22-55(4,5)6)29-11-9-27(10-12-29)28-13-15-30(16-14-28)52-40(47)45-17-19-48-20-18-45/h9-12,23,28,30,33-34,36-37H,13-22,24-26H2,1-8H3/t28-,30-,33-,34-,36-,37-/m1/s1. The zero-order valence-electron chi connectivity index (χ0n) is 34.5. The number of carbonyl (C=O) groups excluding carboxylic acids is 1. The van der Waals surface area contributed by atoms with Gasteiger partial charge in [-0.2, -0.15) is 4.98 Å². The third-order valence-corrected chi connectivity index (χ3v) is 18.7. The highest BCUT2D eigenvalue weighted by molar-refractivity contribution is 6.76. The molecule has 1 aromatic carbocycles. The summed E-state index contributed by atoms with van der Waals surface area (Å²) >= 11 is 6.94. The lowest BCUT2D eigenvalue weighted by Gasteiger charge is -2.39. The average Bonchev–Trinajstić information content (AvgIpc) is 3.84. The number of aromatic nitrogens is 3. The molecule has 3 saturated heterocycles. The van der Waals surface area contributed by atoms with E-state index in [4.69, 9.17) is 54.4 Å². The van der Waals surface area contributed by atoms with Crippen LogP contribution in [0.15, 0.2) is 30.3 Å². The van der Waals surface area contributed by atoms with Crippen molar-refractivity contribution in [3.05, 3.63) is 40.9 Å². The second-order valence-corrected chi connectivity index (χ2v) is 29.4. The van der Waals surface area contributed by atoms with Gasteiger partial charge in [-0.25, -0.2) is 9.78 Å². The summed E-state index contributed by atoms with van der Waals surface area (Å²) in [5, 5.41) is 0.592. The van der Waals surface area contributed by atoms with Crippen LogP contribution < -0.4 is 4.74 Å². The van der Waals surface area contributed by atoms with Crippen molar-refractivity contribution in [1.29, 1.82) is 0 Å². The zero-order chi connectivity index (χ0) is 39.8. The van der Waals surface area contributed by atoms with Gasteiger partial charge in [0.2, 0.25) is 0 Å². The predicted octanol–water partition coefficient (Wildman–Crippen LogP) is 8.49. The van der Waals surface area contributed by atoms with Gasteiger partial charge in [0.05, 0.1) is 43.2 Å². The van der Waals surface area contributed by atoms with Crippen molar-refractivity contribution in [2.45, 2.75) is 133 Å². The first-order chi connectivity index (χ1) is 26.6. The van der Waals surface area contributed by atoms with Crippen LogP contribution in [0.3, 0.4) is 0 Å². The molecule has 308 valence electrons. The Morgan fingerprint density at radius 1 is 0.929 bits per heavy atom. The van der Waals surface area contributed by atoms with Gasteiger partial charge in [-0.1, -0.05) is 76.3 Å². The molecular formula is C41H61ClN4O8Si2. The van der Waals surface area contributed by atoms with Crippen molar-refractivity contribution in [3.8, 4) is 17.3 Å². The molecule has 0 N–H and O–H groups in total. The minimum Gasteiger partial charge on any atom is -0.456 e. The number of benzene rings is 1. The third-order valence-electron chi connectivity index (χ3n) is 12.2. The smallest absolute Gasteiger partial charge is 0.410 e. The van der Waals surface area contributed by atoms with E-state index in [0.29, 0.717) is 79.9 Å². The summed E-state index contributed by atoms with van der Waals surface area (Å²) in [4.78, 5) is 24.4. The lowest BCUT2D eigenvalue weighted by molar-refractivity contribution is 0.00445. The molecule has 12 nitrogen and oxygen atoms in total. The van der Waals surface area contributed by atoms with Gasteiger partial charge >= 0.3 is 12.1 Å². The quantitative estimate of drug-likeness (QED) is 0.130. The second kappa shape index (κ2) is 17.0. The van der Waals surface area contributed by atoms with E-state index in [-0.39, 0.29) is 48.4 Å². The number of carbonyl (C=O) groups is 1. The van der Waals surface area contributed by atoms with Crippen LogP contribution in [0.4, 0.5) is 4.79 Å². The zero-order valence-corrected chi connectivity index (χ0v) is 37.2. The fourth-order valence-corrected chi connectivity index (χ4v) is 9.98. The third kappa shape index (κ3) is 9.49. The van der Waals surface area contributed by atoms with Crippen molar-refractivity contribution in [2.24, 2.45) is 0 Å². The van der Waals surface area contributed by atoms with E-state index in [2.05, 4.69) is 77.8 Å². The minimum atomic E-state index is -2.02. The minimum absolute atomic E-state index is 0.0413. The van der Waals surface area contributed by atoms with Gasteiger partial charge in [0, 0.05) is 33.3 Å². The second-order valence-electron chi connectivity index (χ2n) is 18.6. The molecule has 2 aromatic heterocycles. The molecular weight excluding hydrogens is 768 g/mol. The monoisotopic (exact) mass is 828 g/mol. The van der Waals surface area contributed by atoms with Crippen LogP contribution in [0, 0.1) is 0 Å². The summed E-state index contributed by atoms with van der Waals surface area (Å²) in [6, 6.07) is 11.8. The average molecular weight is 830 g/mol. The summed E-state index contributed by atoms with van der Waals surface area (Å²) in [6.45, 7) is 22.3. The van der Waals surface area contributed by atoms with Crippen molar-refractivity contribution in [2.75, 3.05) is 46.1 Å². The van der Waals surface area contributed by atoms with Crippen LogP contribution in [-0.2, 0) is 34.8 Å². The Bertz CT molecular complexity index is 1820. The topological polar surface area (TPSA) is 116 Å². The number of fused-ring (bicyclic) bond motifs is 2. The summed E-state index contributed by atoms with van der Waals surface area (Å²) < 4.78 is 45.4. The Morgan fingerprint density at radius 3 is 2.25 bits per heavy atom. The van der Waals surface area contributed by atoms with Crippen LogP contribution in [-0.4, -0.2) is 119 Å². The summed E-state index contributed by atoms with van der Waals surface area (Å²) in [5.41, 5.74) is 4.13. The maximum atomic E-state index is 12.6. The normalized spacial score (nSPS) is 26.1. The number of hydrogen-bond donors (Lipinski definition) is 0. The molecule has 5 heterocycles. The maximum absolute atomic E-state index is 12.6. The Morgan fingerprint density at radius 2 is 1.59 bits per heavy atom. The lowest BCUT2D eigenvalue weighted by Crippen LogP contribution is -2.47. The number of ether oxygens (including phenoxy) is 6. The van der Waals surface area contributed by atoms with Crippen LogP contribution in [0.2, 0.25) is 48.8 Å². The molecule has 7 rings (SSSR count). The van der Waals surface area contributed by atoms with Gasteiger partial charge in [-0.3, -0.25) is 4.57 Å². The Balaban J connectivity index is 1.05. The molecule has 0 spiro atoms. The van der Waals surface area contributed by atoms with E-state index >= 15 is 0 Å². The molecule has 3 aliphatic heterocycles. The molecule has 0 bridgehead atoms. The number of pyridine rings is 1. The maximum Gasteiger partial charge on any atom is 0.410 e. The van der Waals surface area contributed by atoms with Crippen LogP contribution >= 0.6 is 11.6 Å².